The predicted molar refractivity (Wildman–Crippen MR) is 179 cm³/mol. The molecule has 2 aromatic rings. The molecule has 0 spiro atoms. The van der Waals surface area contributed by atoms with Crippen LogP contribution >= 0.6 is 0 Å². The van der Waals surface area contributed by atoms with Gasteiger partial charge in [0, 0.05) is 32.6 Å². The molecule has 2 unspecified atom stereocenters. The third-order valence-corrected chi connectivity index (χ3v) is 11.1. The van der Waals surface area contributed by atoms with Crippen LogP contribution in [0.25, 0.3) is 0 Å². The van der Waals surface area contributed by atoms with E-state index in [-0.39, 0.29) is 35.2 Å². The summed E-state index contributed by atoms with van der Waals surface area (Å²) in [6.45, 7) is 9.28. The van der Waals surface area contributed by atoms with Gasteiger partial charge in [-0.3, -0.25) is 14.4 Å². The Morgan fingerprint density at radius 2 is 1.91 bits per heavy atom. The number of carbonyl (C=O) groups excluding carboxylic acids is 3. The first-order chi connectivity index (χ1) is 22.5. The van der Waals surface area contributed by atoms with Crippen LogP contribution in [0.15, 0.2) is 42.6 Å². The molecule has 7 rings (SSSR count). The third kappa shape index (κ3) is 6.83. The van der Waals surface area contributed by atoms with Gasteiger partial charge in [0.1, 0.15) is 17.9 Å². The zero-order valence-electron chi connectivity index (χ0n) is 27.9. The highest BCUT2D eigenvalue weighted by Crippen LogP contribution is 2.65. The summed E-state index contributed by atoms with van der Waals surface area (Å²) in [6.07, 6.45) is 6.55. The molecule has 252 valence electrons. The van der Waals surface area contributed by atoms with E-state index in [1.165, 1.54) is 6.92 Å². The highest BCUT2D eigenvalue weighted by atomic mass is 16.7. The molecule has 0 radical (unpaired) electrons. The van der Waals surface area contributed by atoms with Gasteiger partial charge in [-0.05, 0) is 74.3 Å². The molecule has 2 bridgehead atoms. The van der Waals surface area contributed by atoms with Crippen LogP contribution in [0.2, 0.25) is 0 Å². The summed E-state index contributed by atoms with van der Waals surface area (Å²) in [5.74, 6) is 0.650. The van der Waals surface area contributed by atoms with Crippen molar-refractivity contribution in [1.82, 2.24) is 25.5 Å². The number of nitrogens with two attached hydrogens (primary N) is 1. The van der Waals surface area contributed by atoms with Gasteiger partial charge >= 0.3 is 7.12 Å². The molecule has 3 heterocycles. The molecule has 1 aromatic heterocycles. The number of nitrogen functional groups attached to an aromatic ring is 1. The van der Waals surface area contributed by atoms with E-state index in [0.29, 0.717) is 62.8 Å². The van der Waals surface area contributed by atoms with Crippen LogP contribution in [-0.4, -0.2) is 82.5 Å². The summed E-state index contributed by atoms with van der Waals surface area (Å²) in [5.41, 5.74) is 6.45. The van der Waals surface area contributed by atoms with Crippen LogP contribution < -0.4 is 21.7 Å². The average molecular weight is 646 g/mol. The molecule has 12 nitrogen and oxygen atoms in total. The fourth-order valence-electron chi connectivity index (χ4n) is 8.44. The van der Waals surface area contributed by atoms with Crippen molar-refractivity contribution < 1.29 is 23.7 Å². The van der Waals surface area contributed by atoms with Gasteiger partial charge in [0.15, 0.2) is 0 Å². The first kappa shape index (κ1) is 33.2. The number of amides is 3. The molecule has 2 saturated heterocycles. The van der Waals surface area contributed by atoms with E-state index in [0.717, 1.165) is 18.4 Å². The minimum absolute atomic E-state index is 0.0215. The number of anilines is 2. The Balaban J connectivity index is 1.15. The van der Waals surface area contributed by atoms with Crippen molar-refractivity contribution in [3.8, 4) is 0 Å². The van der Waals surface area contributed by atoms with Crippen LogP contribution in [0.1, 0.15) is 71.8 Å². The molecule has 47 heavy (non-hydrogen) atoms. The topological polar surface area (TPSA) is 161 Å². The van der Waals surface area contributed by atoms with E-state index in [9.17, 15) is 14.4 Å². The molecule has 3 aliphatic carbocycles. The van der Waals surface area contributed by atoms with Crippen LogP contribution in [-0.2, 0) is 30.1 Å². The maximum atomic E-state index is 14.0. The number of hydrogen-bond acceptors (Lipinski definition) is 9. The summed E-state index contributed by atoms with van der Waals surface area (Å²) in [4.78, 5) is 49.8. The van der Waals surface area contributed by atoms with Crippen molar-refractivity contribution in [1.29, 1.82) is 0 Å². The van der Waals surface area contributed by atoms with Crippen molar-refractivity contribution in [3.05, 3.63) is 48.2 Å². The summed E-state index contributed by atoms with van der Waals surface area (Å²) in [5, 5.41) is 9.36. The molecular formula is C34H48BN7O5. The van der Waals surface area contributed by atoms with E-state index < -0.39 is 30.7 Å². The number of benzene rings is 1. The Bertz CT molecular complexity index is 1460. The molecule has 1 aromatic carbocycles. The summed E-state index contributed by atoms with van der Waals surface area (Å²) in [6, 6.07) is 9.93. The standard InChI is InChI=1S/C34H48BN7O5/c1-21(43)39-24(18-22-10-6-5-7-11-22)31(45)42-17-9-12-25(42)30(44)40-28(13-8-15-37-29-14-16-38-32(36)41-29)35-46-27-20-23-19-26(33(23,2)3)34(27,4)47-35/h5-7,10-11,14,16,23-28H,8-9,12-13,15,17-20H2,1-4H3,(H,39,43)(H,40,44)(H3,36,37,38,41)/t23?,24-,25+,26?,27-,28+,34+/m1/s1. The number of hydrogen-bond donors (Lipinski definition) is 4. The second-order valence-electron chi connectivity index (χ2n) is 14.5. The molecule has 13 heteroatoms. The van der Waals surface area contributed by atoms with Crippen molar-refractivity contribution >= 4 is 36.6 Å². The fourth-order valence-corrected chi connectivity index (χ4v) is 8.44. The minimum atomic E-state index is -0.764. The third-order valence-electron chi connectivity index (χ3n) is 11.1. The van der Waals surface area contributed by atoms with E-state index in [1.807, 2.05) is 30.3 Å². The van der Waals surface area contributed by atoms with Gasteiger partial charge in [0.25, 0.3) is 0 Å². The second-order valence-corrected chi connectivity index (χ2v) is 14.5. The van der Waals surface area contributed by atoms with Crippen molar-refractivity contribution in [3.63, 3.8) is 0 Å². The Labute approximate surface area is 277 Å². The van der Waals surface area contributed by atoms with Gasteiger partial charge in [-0.25, -0.2) is 4.98 Å². The number of nitrogens with zero attached hydrogens (tertiary/aromatic N) is 3. The predicted octanol–water partition coefficient (Wildman–Crippen LogP) is 2.74. The second kappa shape index (κ2) is 13.4. The lowest BCUT2D eigenvalue weighted by atomic mass is 9.43. The maximum absolute atomic E-state index is 14.0. The SMILES string of the molecule is CC(=O)N[C@H](Cc1ccccc1)C(=O)N1CCC[C@H]1C(=O)N[C@@H](CCCNc1ccnc(N)n1)B1O[C@@H]2CC3CC(C3(C)C)[C@]2(C)O1. The van der Waals surface area contributed by atoms with Gasteiger partial charge in [-0.1, -0.05) is 44.2 Å². The van der Waals surface area contributed by atoms with Gasteiger partial charge in [0.2, 0.25) is 23.7 Å². The van der Waals surface area contributed by atoms with Crippen molar-refractivity contribution in [2.24, 2.45) is 17.3 Å². The average Bonchev–Trinajstić information content (AvgIpc) is 3.67. The van der Waals surface area contributed by atoms with Gasteiger partial charge in [0.05, 0.1) is 17.6 Å². The summed E-state index contributed by atoms with van der Waals surface area (Å²) in [7, 11) is -0.602. The minimum Gasteiger partial charge on any atom is -0.404 e. The lowest BCUT2D eigenvalue weighted by Gasteiger charge is -2.64. The normalized spacial score (nSPS) is 28.5. The Morgan fingerprint density at radius 3 is 2.64 bits per heavy atom. The number of carbonyl (C=O) groups is 3. The van der Waals surface area contributed by atoms with E-state index >= 15 is 0 Å². The maximum Gasteiger partial charge on any atom is 0.481 e. The molecule has 5 aliphatic rings. The molecular weight excluding hydrogens is 597 g/mol. The monoisotopic (exact) mass is 645 g/mol. The van der Waals surface area contributed by atoms with Gasteiger partial charge < -0.3 is 35.9 Å². The number of likely N-dealkylation sites (tertiary alicyclic amines) is 1. The lowest BCUT2D eigenvalue weighted by molar-refractivity contribution is -0.199. The van der Waals surface area contributed by atoms with E-state index in [2.05, 4.69) is 46.7 Å². The molecule has 5 fully saturated rings. The zero-order valence-corrected chi connectivity index (χ0v) is 27.9. The fraction of sp³-hybridized carbons (Fsp3) is 0.618. The Kier molecular flexibility index (Phi) is 9.49. The lowest BCUT2D eigenvalue weighted by Crippen LogP contribution is -2.65. The van der Waals surface area contributed by atoms with Crippen molar-refractivity contribution in [2.45, 2.75) is 102 Å². The van der Waals surface area contributed by atoms with Crippen LogP contribution in [0, 0.1) is 17.3 Å². The highest BCUT2D eigenvalue weighted by Gasteiger charge is 2.68. The Morgan fingerprint density at radius 1 is 1.13 bits per heavy atom. The van der Waals surface area contributed by atoms with Crippen LogP contribution in [0.3, 0.4) is 0 Å². The molecule has 5 N–H and O–H groups in total. The molecule has 3 amide bonds. The molecule has 3 saturated carbocycles. The van der Waals surface area contributed by atoms with Gasteiger partial charge in [-0.15, -0.1) is 0 Å². The Hall–Kier alpha value is -3.71. The first-order valence-electron chi connectivity index (χ1n) is 17.0. The number of rotatable bonds is 12. The number of aromatic nitrogens is 2. The van der Waals surface area contributed by atoms with Gasteiger partial charge in [-0.2, -0.15) is 4.98 Å². The van der Waals surface area contributed by atoms with E-state index in [1.54, 1.807) is 17.2 Å². The van der Waals surface area contributed by atoms with E-state index in [4.69, 9.17) is 15.0 Å². The van der Waals surface area contributed by atoms with Crippen molar-refractivity contribution in [2.75, 3.05) is 24.1 Å². The van der Waals surface area contributed by atoms with Crippen LogP contribution in [0.4, 0.5) is 11.8 Å². The largest absolute Gasteiger partial charge is 0.481 e. The quantitative estimate of drug-likeness (QED) is 0.201. The smallest absolute Gasteiger partial charge is 0.404 e. The van der Waals surface area contributed by atoms with Crippen LogP contribution in [0.5, 0.6) is 0 Å². The zero-order chi connectivity index (χ0) is 33.3. The summed E-state index contributed by atoms with van der Waals surface area (Å²) >= 11 is 0. The molecule has 2 aliphatic heterocycles. The highest BCUT2D eigenvalue weighted by molar-refractivity contribution is 6.48. The number of nitrogens with one attached hydrogen (secondary N) is 3. The summed E-state index contributed by atoms with van der Waals surface area (Å²) < 4.78 is 13.4. The molecule has 7 atom stereocenters. The first-order valence-corrected chi connectivity index (χ1v) is 17.0.